The van der Waals surface area contributed by atoms with Gasteiger partial charge in [0.2, 0.25) is 0 Å². The maximum absolute atomic E-state index is 4.76. The molecule has 1 aromatic rings. The Hall–Kier alpha value is -1.09. The normalized spacial score (nSPS) is 16.4. The summed E-state index contributed by atoms with van der Waals surface area (Å²) in [5.74, 6) is 0. The van der Waals surface area contributed by atoms with E-state index in [2.05, 4.69) is 16.5 Å². The van der Waals surface area contributed by atoms with Crippen LogP contribution in [0.4, 0.5) is 0 Å². The van der Waals surface area contributed by atoms with E-state index in [0.717, 1.165) is 18.7 Å². The fraction of sp³-hybridized carbons (Fsp3) is 0.583. The highest BCUT2D eigenvalue weighted by molar-refractivity contribution is 5.05. The lowest BCUT2D eigenvalue weighted by atomic mass is 9.97. The van der Waals surface area contributed by atoms with E-state index in [1.54, 1.807) is 18.0 Å². The molecule has 0 amide bonds. The predicted octanol–water partition coefficient (Wildman–Crippen LogP) is 2.65. The molecule has 3 nitrogen and oxygen atoms in total. The summed E-state index contributed by atoms with van der Waals surface area (Å²) in [5.41, 5.74) is 2.74. The molecule has 1 aromatic heterocycles. The van der Waals surface area contributed by atoms with Gasteiger partial charge >= 0.3 is 0 Å². The maximum Gasteiger partial charge on any atom is 0.128 e. The Morgan fingerprint density at radius 2 is 2.40 bits per heavy atom. The van der Waals surface area contributed by atoms with Gasteiger partial charge in [-0.05, 0) is 38.6 Å². The molecule has 0 saturated heterocycles. The van der Waals surface area contributed by atoms with Crippen molar-refractivity contribution in [3.63, 3.8) is 0 Å². The monoisotopic (exact) mass is 206 g/mol. The highest BCUT2D eigenvalue weighted by atomic mass is 16.5. The Balaban J connectivity index is 1.60. The van der Waals surface area contributed by atoms with E-state index in [0.29, 0.717) is 0 Å². The van der Waals surface area contributed by atoms with Gasteiger partial charge in [0, 0.05) is 12.1 Å². The Morgan fingerprint density at radius 1 is 1.40 bits per heavy atom. The average Bonchev–Trinajstić information content (AvgIpc) is 2.79. The molecule has 0 bridgehead atoms. The molecule has 1 aliphatic carbocycles. The lowest BCUT2D eigenvalue weighted by Gasteiger charge is -2.12. The van der Waals surface area contributed by atoms with E-state index in [1.807, 2.05) is 0 Å². The SMILES string of the molecule is C1=C(CCNCc2cnoc2)CCCC1. The number of hydrogen-bond acceptors (Lipinski definition) is 3. The van der Waals surface area contributed by atoms with Gasteiger partial charge < -0.3 is 9.84 Å². The summed E-state index contributed by atoms with van der Waals surface area (Å²) >= 11 is 0. The minimum atomic E-state index is 0.858. The highest BCUT2D eigenvalue weighted by Crippen LogP contribution is 2.19. The zero-order valence-corrected chi connectivity index (χ0v) is 9.04. The minimum absolute atomic E-state index is 0.858. The average molecular weight is 206 g/mol. The molecule has 0 fully saturated rings. The second kappa shape index (κ2) is 5.71. The summed E-state index contributed by atoms with van der Waals surface area (Å²) in [6.45, 7) is 1.91. The number of nitrogens with one attached hydrogen (secondary N) is 1. The molecular weight excluding hydrogens is 188 g/mol. The Labute approximate surface area is 90.5 Å². The van der Waals surface area contributed by atoms with E-state index in [4.69, 9.17) is 4.52 Å². The molecule has 0 radical (unpaired) electrons. The van der Waals surface area contributed by atoms with Crippen LogP contribution < -0.4 is 5.32 Å². The molecule has 3 heteroatoms. The first-order valence-corrected chi connectivity index (χ1v) is 5.72. The fourth-order valence-electron chi connectivity index (χ4n) is 1.93. The minimum Gasteiger partial charge on any atom is -0.364 e. The van der Waals surface area contributed by atoms with E-state index in [9.17, 15) is 0 Å². The van der Waals surface area contributed by atoms with Crippen LogP contribution in [0, 0.1) is 0 Å². The molecule has 0 aromatic carbocycles. The standard InChI is InChI=1S/C12H18N2O/c1-2-4-11(5-3-1)6-7-13-8-12-9-14-15-10-12/h4,9-10,13H,1-3,5-8H2. The number of nitrogens with zero attached hydrogens (tertiary/aromatic N) is 1. The largest absolute Gasteiger partial charge is 0.364 e. The third-order valence-electron chi connectivity index (χ3n) is 2.82. The zero-order valence-electron chi connectivity index (χ0n) is 9.04. The number of hydrogen-bond donors (Lipinski definition) is 1. The van der Waals surface area contributed by atoms with Crippen LogP contribution in [0.15, 0.2) is 28.6 Å². The second-order valence-electron chi connectivity index (χ2n) is 4.07. The lowest BCUT2D eigenvalue weighted by Crippen LogP contribution is -2.15. The smallest absolute Gasteiger partial charge is 0.128 e. The Kier molecular flexibility index (Phi) is 3.97. The summed E-state index contributed by atoms with van der Waals surface area (Å²) in [6.07, 6.45) is 12.4. The summed E-state index contributed by atoms with van der Waals surface area (Å²) in [4.78, 5) is 0. The first-order valence-electron chi connectivity index (χ1n) is 5.72. The van der Waals surface area contributed by atoms with Gasteiger partial charge in [0.25, 0.3) is 0 Å². The Morgan fingerprint density at radius 3 is 3.13 bits per heavy atom. The van der Waals surface area contributed by atoms with Gasteiger partial charge in [-0.2, -0.15) is 0 Å². The summed E-state index contributed by atoms with van der Waals surface area (Å²) in [6, 6.07) is 0. The van der Waals surface area contributed by atoms with E-state index in [1.165, 1.54) is 32.1 Å². The third kappa shape index (κ3) is 3.51. The topological polar surface area (TPSA) is 38.1 Å². The summed E-state index contributed by atoms with van der Waals surface area (Å²) in [7, 11) is 0. The van der Waals surface area contributed by atoms with Crippen molar-refractivity contribution in [2.24, 2.45) is 0 Å². The van der Waals surface area contributed by atoms with Crippen LogP contribution in [0.3, 0.4) is 0 Å². The molecule has 1 aliphatic rings. The molecule has 1 N–H and O–H groups in total. The van der Waals surface area contributed by atoms with Gasteiger partial charge in [-0.3, -0.25) is 0 Å². The van der Waals surface area contributed by atoms with Crippen molar-refractivity contribution in [3.8, 4) is 0 Å². The molecule has 0 unspecified atom stereocenters. The van der Waals surface area contributed by atoms with Crippen LogP contribution in [0.2, 0.25) is 0 Å². The predicted molar refractivity (Wildman–Crippen MR) is 59.4 cm³/mol. The highest BCUT2D eigenvalue weighted by Gasteiger charge is 2.02. The second-order valence-corrected chi connectivity index (χ2v) is 4.07. The van der Waals surface area contributed by atoms with Gasteiger partial charge in [0.05, 0.1) is 6.20 Å². The van der Waals surface area contributed by atoms with Crippen LogP contribution in [0.5, 0.6) is 0 Å². The molecule has 1 heterocycles. The van der Waals surface area contributed by atoms with Crippen molar-refractivity contribution in [3.05, 3.63) is 29.7 Å². The zero-order chi connectivity index (χ0) is 10.3. The van der Waals surface area contributed by atoms with Crippen molar-refractivity contribution in [2.45, 2.75) is 38.6 Å². The maximum atomic E-state index is 4.76. The van der Waals surface area contributed by atoms with Crippen molar-refractivity contribution < 1.29 is 4.52 Å². The van der Waals surface area contributed by atoms with Crippen LogP contribution in [-0.2, 0) is 6.54 Å². The summed E-state index contributed by atoms with van der Waals surface area (Å²) < 4.78 is 4.76. The van der Waals surface area contributed by atoms with Crippen LogP contribution in [-0.4, -0.2) is 11.7 Å². The van der Waals surface area contributed by atoms with Crippen LogP contribution >= 0.6 is 0 Å². The molecule has 0 spiro atoms. The van der Waals surface area contributed by atoms with Crippen LogP contribution in [0.1, 0.15) is 37.7 Å². The van der Waals surface area contributed by atoms with E-state index >= 15 is 0 Å². The van der Waals surface area contributed by atoms with Gasteiger partial charge in [-0.25, -0.2) is 0 Å². The molecule has 82 valence electrons. The van der Waals surface area contributed by atoms with E-state index < -0.39 is 0 Å². The molecule has 15 heavy (non-hydrogen) atoms. The number of aromatic nitrogens is 1. The van der Waals surface area contributed by atoms with Crippen molar-refractivity contribution >= 4 is 0 Å². The first-order chi connectivity index (χ1) is 7.45. The van der Waals surface area contributed by atoms with Crippen LogP contribution in [0.25, 0.3) is 0 Å². The van der Waals surface area contributed by atoms with Gasteiger partial charge in [0.1, 0.15) is 6.26 Å². The van der Waals surface area contributed by atoms with E-state index in [-0.39, 0.29) is 0 Å². The molecule has 0 atom stereocenters. The number of rotatable bonds is 5. The Bertz CT molecular complexity index is 303. The van der Waals surface area contributed by atoms with Crippen molar-refractivity contribution in [1.82, 2.24) is 10.5 Å². The quantitative estimate of drug-likeness (QED) is 0.594. The van der Waals surface area contributed by atoms with Gasteiger partial charge in [0.15, 0.2) is 0 Å². The molecular formula is C12H18N2O. The summed E-state index contributed by atoms with van der Waals surface area (Å²) in [5, 5.41) is 7.06. The van der Waals surface area contributed by atoms with Gasteiger partial charge in [-0.1, -0.05) is 16.8 Å². The third-order valence-corrected chi connectivity index (χ3v) is 2.82. The molecule has 0 saturated carbocycles. The molecule has 0 aliphatic heterocycles. The van der Waals surface area contributed by atoms with Gasteiger partial charge in [-0.15, -0.1) is 0 Å². The fourth-order valence-corrected chi connectivity index (χ4v) is 1.93. The lowest BCUT2D eigenvalue weighted by molar-refractivity contribution is 0.418. The number of allylic oxidation sites excluding steroid dienone is 1. The van der Waals surface area contributed by atoms with Crippen molar-refractivity contribution in [1.29, 1.82) is 0 Å². The molecule has 2 rings (SSSR count). The van der Waals surface area contributed by atoms with Crippen molar-refractivity contribution in [2.75, 3.05) is 6.54 Å². The first kappa shape index (κ1) is 10.4.